The summed E-state index contributed by atoms with van der Waals surface area (Å²) in [6.07, 6.45) is 0.974. The third-order valence-electron chi connectivity index (χ3n) is 1.46. The first kappa shape index (κ1) is 6.52. The third kappa shape index (κ3) is 2.00. The Balaban J connectivity index is 2.02. The van der Waals surface area contributed by atoms with Crippen molar-refractivity contribution in [2.24, 2.45) is 5.92 Å². The fourth-order valence-electron chi connectivity index (χ4n) is 0.725. The fourth-order valence-corrected chi connectivity index (χ4v) is 0.725. The molecule has 0 aromatic heterocycles. The second-order valence-corrected chi connectivity index (χ2v) is 2.28. The molecule has 1 aliphatic rings. The van der Waals surface area contributed by atoms with Crippen LogP contribution in [0.25, 0.3) is 0 Å². The lowest BCUT2D eigenvalue weighted by molar-refractivity contribution is -0.130. The van der Waals surface area contributed by atoms with E-state index in [-0.39, 0.29) is 19.0 Å². The Morgan fingerprint density at radius 2 is 2.44 bits per heavy atom. The molecular weight excluding hydrogens is 123 g/mol. The van der Waals surface area contributed by atoms with E-state index in [0.717, 1.165) is 12.8 Å². The van der Waals surface area contributed by atoms with Gasteiger partial charge in [0, 0.05) is 0 Å². The van der Waals surface area contributed by atoms with Gasteiger partial charge in [-0.05, 0) is 18.8 Å². The molecule has 0 aromatic rings. The Kier molecular flexibility index (Phi) is 2.03. The maximum Gasteiger partial charge on any atom is 0.293 e. The van der Waals surface area contributed by atoms with Gasteiger partial charge < -0.3 is 4.74 Å². The summed E-state index contributed by atoms with van der Waals surface area (Å²) < 4.78 is 16.7. The third-order valence-corrected chi connectivity index (χ3v) is 1.46. The largest absolute Gasteiger partial charge is 0.465 e. The minimum atomic E-state index is -0.921. The summed E-state index contributed by atoms with van der Waals surface area (Å²) in [6, 6.07) is 0. The zero-order valence-corrected chi connectivity index (χ0v) is 5.05. The van der Waals surface area contributed by atoms with Crippen LogP contribution in [0.5, 0.6) is 0 Å². The Bertz CT molecular complexity index is 101. The van der Waals surface area contributed by atoms with E-state index in [2.05, 4.69) is 4.74 Å². The van der Waals surface area contributed by atoms with E-state index in [1.54, 1.807) is 0 Å². The van der Waals surface area contributed by atoms with Crippen molar-refractivity contribution >= 4 is 6.47 Å². The van der Waals surface area contributed by atoms with Crippen molar-refractivity contribution in [2.45, 2.75) is 19.0 Å². The molecule has 0 aromatic carbocycles. The molecule has 0 heterocycles. The van der Waals surface area contributed by atoms with Crippen LogP contribution in [0.15, 0.2) is 0 Å². The van der Waals surface area contributed by atoms with Crippen LogP contribution in [-0.4, -0.2) is 19.3 Å². The van der Waals surface area contributed by atoms with E-state index in [0.29, 0.717) is 0 Å². The fraction of sp³-hybridized carbons (Fsp3) is 0.833. The lowest BCUT2D eigenvalue weighted by atomic mass is 10.3. The maximum absolute atomic E-state index is 12.5. The summed E-state index contributed by atoms with van der Waals surface area (Å²) >= 11 is 0. The lowest BCUT2D eigenvalue weighted by Gasteiger charge is -2.01. The maximum atomic E-state index is 12.5. The molecule has 0 saturated heterocycles. The van der Waals surface area contributed by atoms with Crippen LogP contribution >= 0.6 is 0 Å². The predicted molar refractivity (Wildman–Crippen MR) is 29.6 cm³/mol. The zero-order chi connectivity index (χ0) is 6.69. The first-order chi connectivity index (χ1) is 4.34. The summed E-state index contributed by atoms with van der Waals surface area (Å²) in [4.78, 5) is 9.56. The van der Waals surface area contributed by atoms with Crippen molar-refractivity contribution in [3.05, 3.63) is 0 Å². The molecule has 1 saturated carbocycles. The van der Waals surface area contributed by atoms with Crippen LogP contribution in [0.1, 0.15) is 12.8 Å². The van der Waals surface area contributed by atoms with Gasteiger partial charge in [-0.15, -0.1) is 0 Å². The molecule has 2 nitrogen and oxygen atoms in total. The molecule has 0 N–H and O–H groups in total. The first-order valence-electron chi connectivity index (χ1n) is 3.04. The van der Waals surface area contributed by atoms with E-state index in [9.17, 15) is 9.18 Å². The van der Waals surface area contributed by atoms with Crippen molar-refractivity contribution in [3.63, 3.8) is 0 Å². The van der Waals surface area contributed by atoms with Gasteiger partial charge in [0.05, 0.1) is 0 Å². The normalized spacial score (nSPS) is 21.0. The molecule has 0 bridgehead atoms. The molecule has 1 rings (SSSR count). The highest BCUT2D eigenvalue weighted by atomic mass is 19.1. The monoisotopic (exact) mass is 132 g/mol. The number of carbonyl (C=O) groups is 1. The highest BCUT2D eigenvalue weighted by molar-refractivity contribution is 5.36. The van der Waals surface area contributed by atoms with Gasteiger partial charge in [0.2, 0.25) is 0 Å². The summed E-state index contributed by atoms with van der Waals surface area (Å²) in [5.41, 5.74) is 0. The number of halogens is 1. The topological polar surface area (TPSA) is 26.3 Å². The van der Waals surface area contributed by atoms with E-state index in [4.69, 9.17) is 0 Å². The molecule has 0 radical (unpaired) electrons. The Hall–Kier alpha value is -0.600. The van der Waals surface area contributed by atoms with E-state index >= 15 is 0 Å². The van der Waals surface area contributed by atoms with Gasteiger partial charge in [-0.1, -0.05) is 0 Å². The molecule has 1 unspecified atom stereocenters. The van der Waals surface area contributed by atoms with E-state index in [1.807, 2.05) is 0 Å². The quantitative estimate of drug-likeness (QED) is 0.531. The minimum Gasteiger partial charge on any atom is -0.465 e. The van der Waals surface area contributed by atoms with Gasteiger partial charge in [0.25, 0.3) is 6.47 Å². The Labute approximate surface area is 53.0 Å². The van der Waals surface area contributed by atoms with Crippen molar-refractivity contribution in [1.29, 1.82) is 0 Å². The van der Waals surface area contributed by atoms with E-state index < -0.39 is 6.17 Å². The Morgan fingerprint density at radius 3 is 2.89 bits per heavy atom. The SMILES string of the molecule is O=COCC(F)C1CC1. The van der Waals surface area contributed by atoms with Crippen molar-refractivity contribution in [1.82, 2.24) is 0 Å². The van der Waals surface area contributed by atoms with E-state index in [1.165, 1.54) is 0 Å². The van der Waals surface area contributed by atoms with Crippen LogP contribution < -0.4 is 0 Å². The standard InChI is InChI=1S/C6H9FO2/c7-6(3-9-4-8)5-1-2-5/h4-6H,1-3H2. The molecule has 1 atom stereocenters. The van der Waals surface area contributed by atoms with Crippen molar-refractivity contribution < 1.29 is 13.9 Å². The van der Waals surface area contributed by atoms with Crippen molar-refractivity contribution in [2.75, 3.05) is 6.61 Å². The summed E-state index contributed by atoms with van der Waals surface area (Å²) in [7, 11) is 0. The predicted octanol–water partition coefficient (Wildman–Crippen LogP) is 0.908. The highest BCUT2D eigenvalue weighted by Gasteiger charge is 2.31. The molecule has 1 aliphatic carbocycles. The van der Waals surface area contributed by atoms with Crippen LogP contribution in [0.2, 0.25) is 0 Å². The highest BCUT2D eigenvalue weighted by Crippen LogP contribution is 2.34. The molecule has 52 valence electrons. The number of ether oxygens (including phenoxy) is 1. The van der Waals surface area contributed by atoms with Crippen LogP contribution in [0.4, 0.5) is 4.39 Å². The zero-order valence-electron chi connectivity index (χ0n) is 5.05. The van der Waals surface area contributed by atoms with Crippen molar-refractivity contribution in [3.8, 4) is 0 Å². The van der Waals surface area contributed by atoms with Gasteiger partial charge in [-0.25, -0.2) is 4.39 Å². The smallest absolute Gasteiger partial charge is 0.293 e. The Morgan fingerprint density at radius 1 is 1.78 bits per heavy atom. The molecular formula is C6H9FO2. The first-order valence-corrected chi connectivity index (χ1v) is 3.04. The average Bonchev–Trinajstić information content (AvgIpc) is 2.63. The van der Waals surface area contributed by atoms with Crippen LogP contribution in [0.3, 0.4) is 0 Å². The number of hydrogen-bond acceptors (Lipinski definition) is 2. The second kappa shape index (κ2) is 2.80. The number of alkyl halides is 1. The van der Waals surface area contributed by atoms with Crippen LogP contribution in [-0.2, 0) is 9.53 Å². The molecule has 9 heavy (non-hydrogen) atoms. The molecule has 3 heteroatoms. The summed E-state index contributed by atoms with van der Waals surface area (Å²) in [6.45, 7) is 0.225. The van der Waals surface area contributed by atoms with Gasteiger partial charge in [-0.2, -0.15) is 0 Å². The molecule has 0 spiro atoms. The summed E-state index contributed by atoms with van der Waals surface area (Å²) in [5, 5.41) is 0. The van der Waals surface area contributed by atoms with Crippen LogP contribution in [0, 0.1) is 5.92 Å². The molecule has 0 aliphatic heterocycles. The second-order valence-electron chi connectivity index (χ2n) is 2.28. The number of carbonyl (C=O) groups excluding carboxylic acids is 1. The molecule has 1 fully saturated rings. The lowest BCUT2D eigenvalue weighted by Crippen LogP contribution is -2.11. The minimum absolute atomic E-state index is 0.0613. The van der Waals surface area contributed by atoms with Gasteiger partial charge in [-0.3, -0.25) is 4.79 Å². The van der Waals surface area contributed by atoms with Gasteiger partial charge in [0.1, 0.15) is 12.8 Å². The number of hydrogen-bond donors (Lipinski definition) is 0. The van der Waals surface area contributed by atoms with Gasteiger partial charge in [0.15, 0.2) is 0 Å². The van der Waals surface area contributed by atoms with Gasteiger partial charge >= 0.3 is 0 Å². The molecule has 0 amide bonds. The average molecular weight is 132 g/mol. The number of rotatable bonds is 4. The summed E-state index contributed by atoms with van der Waals surface area (Å²) in [5.74, 6) is 0.171.